The van der Waals surface area contributed by atoms with Gasteiger partial charge >= 0.3 is 5.82 Å². The van der Waals surface area contributed by atoms with Crippen molar-refractivity contribution < 1.29 is 14.8 Å². The minimum atomic E-state index is -0.555. The predicted molar refractivity (Wildman–Crippen MR) is 76.7 cm³/mol. The van der Waals surface area contributed by atoms with Gasteiger partial charge in [-0.2, -0.15) is 0 Å². The molecule has 0 spiro atoms. The number of nitrogens with one attached hydrogen (secondary N) is 1. The molecule has 0 unspecified atom stereocenters. The third kappa shape index (κ3) is 5.50. The zero-order valence-corrected chi connectivity index (χ0v) is 12.6. The van der Waals surface area contributed by atoms with Gasteiger partial charge in [0.15, 0.2) is 0 Å². The highest BCUT2D eigenvalue weighted by molar-refractivity contribution is 5.75. The lowest BCUT2D eigenvalue weighted by molar-refractivity contribution is -0.389. The van der Waals surface area contributed by atoms with Crippen LogP contribution in [0.2, 0.25) is 0 Å². The van der Waals surface area contributed by atoms with Crippen molar-refractivity contribution in [3.05, 3.63) is 22.1 Å². The Morgan fingerprint density at radius 2 is 2.24 bits per heavy atom. The standard InChI is InChI=1S/C13H22N4O4/c1-10-15-11(17(20)21)8-16(10)6-4-12(19)14-9-13(2,3)5-7-18/h8,18H,4-7,9H2,1-3H3,(H,14,19). The van der Waals surface area contributed by atoms with Crippen LogP contribution < -0.4 is 5.32 Å². The summed E-state index contributed by atoms with van der Waals surface area (Å²) in [6, 6.07) is 0. The quantitative estimate of drug-likeness (QED) is 0.550. The van der Waals surface area contributed by atoms with Crippen LogP contribution in [0.1, 0.15) is 32.5 Å². The van der Waals surface area contributed by atoms with Crippen LogP contribution in [0.4, 0.5) is 5.82 Å². The lowest BCUT2D eigenvalue weighted by atomic mass is 9.90. The van der Waals surface area contributed by atoms with Crippen molar-refractivity contribution in [2.75, 3.05) is 13.2 Å². The molecule has 1 aromatic rings. The lowest BCUT2D eigenvalue weighted by Gasteiger charge is -2.23. The van der Waals surface area contributed by atoms with Gasteiger partial charge in [0.25, 0.3) is 0 Å². The second-order valence-corrected chi connectivity index (χ2v) is 5.76. The molecule has 21 heavy (non-hydrogen) atoms. The third-order valence-electron chi connectivity index (χ3n) is 3.28. The van der Waals surface area contributed by atoms with Crippen molar-refractivity contribution in [2.45, 2.75) is 40.2 Å². The fourth-order valence-corrected chi connectivity index (χ4v) is 1.85. The van der Waals surface area contributed by atoms with E-state index < -0.39 is 4.92 Å². The molecule has 0 radical (unpaired) electrons. The Morgan fingerprint density at radius 1 is 1.57 bits per heavy atom. The van der Waals surface area contributed by atoms with Crippen LogP contribution in [-0.2, 0) is 11.3 Å². The largest absolute Gasteiger partial charge is 0.396 e. The molecule has 0 saturated heterocycles. The molecule has 1 amide bonds. The SMILES string of the molecule is Cc1nc([N+](=O)[O-])cn1CCC(=O)NCC(C)(C)CCO. The fraction of sp³-hybridized carbons (Fsp3) is 0.692. The summed E-state index contributed by atoms with van der Waals surface area (Å²) in [7, 11) is 0. The van der Waals surface area contributed by atoms with Gasteiger partial charge in [-0.1, -0.05) is 13.8 Å². The number of carbonyl (C=O) groups is 1. The first-order chi connectivity index (χ1) is 9.75. The van der Waals surface area contributed by atoms with Gasteiger partial charge in [0.1, 0.15) is 6.20 Å². The molecule has 1 rings (SSSR count). The second-order valence-electron chi connectivity index (χ2n) is 5.76. The van der Waals surface area contributed by atoms with Crippen molar-refractivity contribution in [3.8, 4) is 0 Å². The minimum absolute atomic E-state index is 0.0841. The average Bonchev–Trinajstić information content (AvgIpc) is 2.76. The van der Waals surface area contributed by atoms with Crippen molar-refractivity contribution in [1.82, 2.24) is 14.9 Å². The Bertz CT molecular complexity index is 510. The van der Waals surface area contributed by atoms with Gasteiger partial charge in [-0.05, 0) is 21.7 Å². The molecule has 1 aromatic heterocycles. The van der Waals surface area contributed by atoms with Crippen LogP contribution in [0.15, 0.2) is 6.20 Å². The summed E-state index contributed by atoms with van der Waals surface area (Å²) in [6.07, 6.45) is 2.17. The van der Waals surface area contributed by atoms with Crippen molar-refractivity contribution in [2.24, 2.45) is 5.41 Å². The fourth-order valence-electron chi connectivity index (χ4n) is 1.85. The maximum atomic E-state index is 11.8. The monoisotopic (exact) mass is 298 g/mol. The number of aromatic nitrogens is 2. The van der Waals surface area contributed by atoms with Crippen LogP contribution in [-0.4, -0.2) is 38.6 Å². The number of imidazole rings is 1. The third-order valence-corrected chi connectivity index (χ3v) is 3.28. The summed E-state index contributed by atoms with van der Waals surface area (Å²) in [5, 5.41) is 22.3. The predicted octanol–water partition coefficient (Wildman–Crippen LogP) is 1.01. The summed E-state index contributed by atoms with van der Waals surface area (Å²) in [5.74, 6) is 0.170. The normalized spacial score (nSPS) is 11.4. The molecule has 2 N–H and O–H groups in total. The maximum absolute atomic E-state index is 11.8. The van der Waals surface area contributed by atoms with Gasteiger partial charge in [0.2, 0.25) is 11.7 Å². The van der Waals surface area contributed by atoms with E-state index >= 15 is 0 Å². The minimum Gasteiger partial charge on any atom is -0.396 e. The highest BCUT2D eigenvalue weighted by atomic mass is 16.6. The highest BCUT2D eigenvalue weighted by Crippen LogP contribution is 2.18. The van der Waals surface area contributed by atoms with E-state index in [1.165, 1.54) is 6.20 Å². The van der Waals surface area contributed by atoms with E-state index in [0.29, 0.717) is 25.3 Å². The van der Waals surface area contributed by atoms with E-state index in [0.717, 1.165) is 0 Å². The van der Waals surface area contributed by atoms with Gasteiger partial charge in [-0.3, -0.25) is 4.79 Å². The Balaban J connectivity index is 2.45. The maximum Gasteiger partial charge on any atom is 0.381 e. The Morgan fingerprint density at radius 3 is 2.76 bits per heavy atom. The van der Waals surface area contributed by atoms with E-state index in [2.05, 4.69) is 10.3 Å². The molecule has 8 heteroatoms. The molecule has 0 fully saturated rings. The number of amides is 1. The van der Waals surface area contributed by atoms with E-state index in [9.17, 15) is 14.9 Å². The van der Waals surface area contributed by atoms with Crippen LogP contribution >= 0.6 is 0 Å². The summed E-state index contributed by atoms with van der Waals surface area (Å²) in [4.78, 5) is 25.6. The van der Waals surface area contributed by atoms with Gasteiger partial charge < -0.3 is 25.1 Å². The van der Waals surface area contributed by atoms with Crippen LogP contribution in [0.5, 0.6) is 0 Å². The number of hydrogen-bond donors (Lipinski definition) is 2. The van der Waals surface area contributed by atoms with Crippen molar-refractivity contribution >= 4 is 11.7 Å². The first-order valence-electron chi connectivity index (χ1n) is 6.81. The van der Waals surface area contributed by atoms with Crippen LogP contribution in [0.25, 0.3) is 0 Å². The van der Waals surface area contributed by atoms with Gasteiger partial charge in [-0.15, -0.1) is 0 Å². The Hall–Kier alpha value is -1.96. The first-order valence-corrected chi connectivity index (χ1v) is 6.81. The number of nitrogens with zero attached hydrogens (tertiary/aromatic N) is 3. The van der Waals surface area contributed by atoms with Gasteiger partial charge in [0.05, 0.1) is 0 Å². The number of aliphatic hydroxyl groups is 1. The lowest BCUT2D eigenvalue weighted by Crippen LogP contribution is -2.34. The van der Waals surface area contributed by atoms with Crippen LogP contribution in [0, 0.1) is 22.5 Å². The highest BCUT2D eigenvalue weighted by Gasteiger charge is 2.19. The van der Waals surface area contributed by atoms with E-state index in [4.69, 9.17) is 5.11 Å². The Labute approximate surface area is 123 Å². The van der Waals surface area contributed by atoms with E-state index in [1.807, 2.05) is 13.8 Å². The van der Waals surface area contributed by atoms with E-state index in [1.54, 1.807) is 11.5 Å². The summed E-state index contributed by atoms with van der Waals surface area (Å²) >= 11 is 0. The topological polar surface area (TPSA) is 110 Å². The summed E-state index contributed by atoms with van der Waals surface area (Å²) in [5.41, 5.74) is -0.159. The number of carbonyl (C=O) groups excluding carboxylic acids is 1. The smallest absolute Gasteiger partial charge is 0.381 e. The first kappa shape index (κ1) is 17.1. The van der Waals surface area contributed by atoms with Crippen molar-refractivity contribution in [3.63, 3.8) is 0 Å². The molecule has 0 saturated carbocycles. The zero-order chi connectivity index (χ0) is 16.0. The molecule has 0 aliphatic rings. The van der Waals surface area contributed by atoms with Gasteiger partial charge in [-0.25, -0.2) is 0 Å². The molecule has 1 heterocycles. The molecule has 8 nitrogen and oxygen atoms in total. The molecule has 118 valence electrons. The molecular formula is C13H22N4O4. The van der Waals surface area contributed by atoms with Gasteiger partial charge in [0, 0.05) is 33.0 Å². The zero-order valence-electron chi connectivity index (χ0n) is 12.6. The average molecular weight is 298 g/mol. The summed E-state index contributed by atoms with van der Waals surface area (Å²) in [6.45, 7) is 6.50. The number of aliphatic hydroxyl groups excluding tert-OH is 1. The molecule has 0 aliphatic carbocycles. The van der Waals surface area contributed by atoms with E-state index in [-0.39, 0.29) is 30.2 Å². The number of hydrogen-bond acceptors (Lipinski definition) is 5. The van der Waals surface area contributed by atoms with Crippen LogP contribution in [0.3, 0.4) is 0 Å². The molecular weight excluding hydrogens is 276 g/mol. The number of rotatable bonds is 8. The molecule has 0 atom stereocenters. The second kappa shape index (κ2) is 7.16. The number of nitro groups is 1. The Kier molecular flexibility index (Phi) is 5.83. The van der Waals surface area contributed by atoms with Crippen molar-refractivity contribution in [1.29, 1.82) is 0 Å². The molecule has 0 aromatic carbocycles. The summed E-state index contributed by atoms with van der Waals surface area (Å²) < 4.78 is 1.59. The number of aryl methyl sites for hydroxylation is 2. The molecule has 0 bridgehead atoms. The molecule has 0 aliphatic heterocycles.